The van der Waals surface area contributed by atoms with Gasteiger partial charge in [0, 0.05) is 38.9 Å². The van der Waals surface area contributed by atoms with Gasteiger partial charge in [-0.25, -0.2) is 17.8 Å². The first kappa shape index (κ1) is 22.1. The van der Waals surface area contributed by atoms with E-state index < -0.39 is 10.0 Å². The van der Waals surface area contributed by atoms with E-state index in [4.69, 9.17) is 4.74 Å². The van der Waals surface area contributed by atoms with Gasteiger partial charge in [0.25, 0.3) is 0 Å². The predicted octanol–water partition coefficient (Wildman–Crippen LogP) is 2.88. The molecule has 9 heteroatoms. The second-order valence-corrected chi connectivity index (χ2v) is 9.88. The number of anilines is 1. The van der Waals surface area contributed by atoms with Crippen LogP contribution in [0.15, 0.2) is 47.5 Å². The fourth-order valence-electron chi connectivity index (χ4n) is 4.12. The number of aromatic nitrogens is 1. The molecule has 4 rings (SSSR count). The summed E-state index contributed by atoms with van der Waals surface area (Å²) in [5, 5.41) is 3.32. The maximum atomic E-state index is 13.4. The lowest BCUT2D eigenvalue weighted by Crippen LogP contribution is -2.41. The SMILES string of the molecule is O=S(=O)(c1ccc(NCC(c2ccc(F)cc2)N2CCOCC2)nc1)N1CCCCC1. The van der Waals surface area contributed by atoms with Gasteiger partial charge in [-0.1, -0.05) is 18.6 Å². The highest BCUT2D eigenvalue weighted by Gasteiger charge is 2.26. The van der Waals surface area contributed by atoms with Crippen molar-refractivity contribution in [2.75, 3.05) is 51.3 Å². The highest BCUT2D eigenvalue weighted by molar-refractivity contribution is 7.89. The van der Waals surface area contributed by atoms with E-state index in [1.165, 1.54) is 18.3 Å². The number of hydrogen-bond donors (Lipinski definition) is 1. The van der Waals surface area contributed by atoms with Gasteiger partial charge < -0.3 is 10.1 Å². The fraction of sp³-hybridized carbons (Fsp3) is 0.500. The Kier molecular flexibility index (Phi) is 7.16. The van der Waals surface area contributed by atoms with Crippen molar-refractivity contribution in [3.63, 3.8) is 0 Å². The van der Waals surface area contributed by atoms with Gasteiger partial charge in [0.1, 0.15) is 16.5 Å². The summed E-state index contributed by atoms with van der Waals surface area (Å²) in [5.41, 5.74) is 1.01. The Morgan fingerprint density at radius 1 is 1.00 bits per heavy atom. The normalized spacial score (nSPS) is 19.8. The van der Waals surface area contributed by atoms with E-state index in [0.717, 1.165) is 37.9 Å². The van der Waals surface area contributed by atoms with Crippen LogP contribution >= 0.6 is 0 Å². The minimum absolute atomic E-state index is 0.0306. The zero-order valence-corrected chi connectivity index (χ0v) is 18.4. The molecule has 31 heavy (non-hydrogen) atoms. The predicted molar refractivity (Wildman–Crippen MR) is 117 cm³/mol. The molecule has 1 aromatic carbocycles. The molecule has 2 saturated heterocycles. The van der Waals surface area contributed by atoms with Gasteiger partial charge >= 0.3 is 0 Å². The van der Waals surface area contributed by atoms with Crippen LogP contribution in [-0.2, 0) is 14.8 Å². The van der Waals surface area contributed by atoms with Crippen LogP contribution in [0.25, 0.3) is 0 Å². The number of morpholine rings is 1. The van der Waals surface area contributed by atoms with E-state index in [1.807, 2.05) is 0 Å². The Labute approximate surface area is 183 Å². The Hall–Kier alpha value is -2.07. The summed E-state index contributed by atoms with van der Waals surface area (Å²) in [4.78, 5) is 6.87. The average Bonchev–Trinajstić information content (AvgIpc) is 2.82. The number of sulfonamides is 1. The number of ether oxygens (including phenoxy) is 1. The molecule has 0 spiro atoms. The molecule has 2 fully saturated rings. The van der Waals surface area contributed by atoms with Crippen LogP contribution in [0.1, 0.15) is 30.9 Å². The maximum Gasteiger partial charge on any atom is 0.244 e. The summed E-state index contributed by atoms with van der Waals surface area (Å²) in [7, 11) is -3.49. The molecule has 0 saturated carbocycles. The van der Waals surface area contributed by atoms with Crippen molar-refractivity contribution in [3.8, 4) is 0 Å². The number of rotatable bonds is 7. The van der Waals surface area contributed by atoms with E-state index in [1.54, 1.807) is 28.6 Å². The standard InChI is InChI=1S/C22H29FN4O3S/c23-19-6-4-18(5-7-19)21(26-12-14-30-15-13-26)17-25-22-9-8-20(16-24-22)31(28,29)27-10-2-1-3-11-27/h4-9,16,21H,1-3,10-15,17H2,(H,24,25). The molecule has 0 bridgehead atoms. The monoisotopic (exact) mass is 448 g/mol. The number of nitrogens with zero attached hydrogens (tertiary/aromatic N) is 3. The van der Waals surface area contributed by atoms with E-state index in [2.05, 4.69) is 15.2 Å². The number of benzene rings is 1. The second-order valence-electron chi connectivity index (χ2n) is 7.94. The van der Waals surface area contributed by atoms with E-state index >= 15 is 0 Å². The first-order valence-electron chi connectivity index (χ1n) is 10.8. The average molecular weight is 449 g/mol. The third-order valence-electron chi connectivity index (χ3n) is 5.91. The molecule has 2 aliphatic rings. The van der Waals surface area contributed by atoms with E-state index in [-0.39, 0.29) is 16.8 Å². The summed E-state index contributed by atoms with van der Waals surface area (Å²) in [6.07, 6.45) is 4.30. The fourth-order valence-corrected chi connectivity index (χ4v) is 5.59. The molecule has 168 valence electrons. The zero-order chi connectivity index (χ0) is 21.7. The molecular weight excluding hydrogens is 419 g/mol. The summed E-state index contributed by atoms with van der Waals surface area (Å²) < 4.78 is 46.0. The first-order chi connectivity index (χ1) is 15.0. The van der Waals surface area contributed by atoms with Gasteiger partial charge in [-0.15, -0.1) is 0 Å². The molecule has 0 aliphatic carbocycles. The molecule has 7 nitrogen and oxygen atoms in total. The molecule has 1 unspecified atom stereocenters. The van der Waals surface area contributed by atoms with Crippen molar-refractivity contribution in [3.05, 3.63) is 54.0 Å². The molecule has 1 atom stereocenters. The van der Waals surface area contributed by atoms with Crippen LogP contribution in [0.3, 0.4) is 0 Å². The maximum absolute atomic E-state index is 13.4. The lowest BCUT2D eigenvalue weighted by molar-refractivity contribution is 0.0187. The summed E-state index contributed by atoms with van der Waals surface area (Å²) in [5.74, 6) is 0.350. The third-order valence-corrected chi connectivity index (χ3v) is 7.79. The van der Waals surface area contributed by atoms with Gasteiger partial charge in [-0.3, -0.25) is 4.90 Å². The minimum atomic E-state index is -3.49. The molecule has 1 N–H and O–H groups in total. The van der Waals surface area contributed by atoms with Gasteiger partial charge in [0.15, 0.2) is 0 Å². The van der Waals surface area contributed by atoms with Gasteiger partial charge in [-0.05, 0) is 42.7 Å². The Balaban J connectivity index is 1.45. The number of piperidine rings is 1. The first-order valence-corrected chi connectivity index (χ1v) is 12.3. The van der Waals surface area contributed by atoms with E-state index in [9.17, 15) is 12.8 Å². The molecule has 0 radical (unpaired) electrons. The van der Waals surface area contributed by atoms with Crippen LogP contribution in [0.4, 0.5) is 10.2 Å². The van der Waals surface area contributed by atoms with Crippen LogP contribution in [0.2, 0.25) is 0 Å². The Morgan fingerprint density at radius 2 is 1.71 bits per heavy atom. The highest BCUT2D eigenvalue weighted by atomic mass is 32.2. The summed E-state index contributed by atoms with van der Waals surface area (Å²) >= 11 is 0. The van der Waals surface area contributed by atoms with Crippen molar-refractivity contribution in [2.45, 2.75) is 30.2 Å². The summed E-state index contributed by atoms with van der Waals surface area (Å²) in [6, 6.07) is 9.90. The highest BCUT2D eigenvalue weighted by Crippen LogP contribution is 2.24. The van der Waals surface area contributed by atoms with Gasteiger partial charge in [-0.2, -0.15) is 4.31 Å². The number of halogens is 1. The summed E-state index contributed by atoms with van der Waals surface area (Å²) in [6.45, 7) is 4.63. The van der Waals surface area contributed by atoms with Crippen molar-refractivity contribution in [1.29, 1.82) is 0 Å². The second kappa shape index (κ2) is 10.0. The molecule has 1 aromatic heterocycles. The van der Waals surface area contributed by atoms with Crippen molar-refractivity contribution in [1.82, 2.24) is 14.2 Å². The smallest absolute Gasteiger partial charge is 0.244 e. The largest absolute Gasteiger partial charge is 0.379 e. The zero-order valence-electron chi connectivity index (χ0n) is 17.5. The molecule has 2 aliphatic heterocycles. The molecule has 3 heterocycles. The lowest BCUT2D eigenvalue weighted by Gasteiger charge is -2.35. The van der Waals surface area contributed by atoms with Crippen LogP contribution < -0.4 is 5.32 Å². The lowest BCUT2D eigenvalue weighted by atomic mass is 10.0. The number of nitrogens with one attached hydrogen (secondary N) is 1. The van der Waals surface area contributed by atoms with Crippen molar-refractivity contribution < 1.29 is 17.5 Å². The van der Waals surface area contributed by atoms with Gasteiger partial charge in [0.05, 0.1) is 19.3 Å². The Bertz CT molecular complexity index is 942. The molecular formula is C22H29FN4O3S. The van der Waals surface area contributed by atoms with Crippen molar-refractivity contribution >= 4 is 15.8 Å². The van der Waals surface area contributed by atoms with Crippen LogP contribution in [0, 0.1) is 5.82 Å². The molecule has 0 amide bonds. The van der Waals surface area contributed by atoms with Crippen LogP contribution in [-0.4, -0.2) is 68.5 Å². The molecule has 2 aromatic rings. The minimum Gasteiger partial charge on any atom is -0.379 e. The van der Waals surface area contributed by atoms with Gasteiger partial charge in [0.2, 0.25) is 10.0 Å². The topological polar surface area (TPSA) is 74.8 Å². The number of pyridine rings is 1. The Morgan fingerprint density at radius 3 is 2.35 bits per heavy atom. The third kappa shape index (κ3) is 5.41. The van der Waals surface area contributed by atoms with Crippen molar-refractivity contribution in [2.24, 2.45) is 0 Å². The number of hydrogen-bond acceptors (Lipinski definition) is 6. The van der Waals surface area contributed by atoms with Crippen LogP contribution in [0.5, 0.6) is 0 Å². The van der Waals surface area contributed by atoms with E-state index in [0.29, 0.717) is 38.7 Å². The quantitative estimate of drug-likeness (QED) is 0.702.